The Morgan fingerprint density at radius 2 is 2.38 bits per heavy atom. The highest BCUT2D eigenvalue weighted by molar-refractivity contribution is 5.13. The summed E-state index contributed by atoms with van der Waals surface area (Å²) in [6.07, 6.45) is 0. The number of morpholine rings is 1. The maximum absolute atomic E-state index is 5.86. The minimum atomic E-state index is 0.221. The largest absolute Gasteiger partial charge is 0.466 e. The van der Waals surface area contributed by atoms with Crippen molar-refractivity contribution in [2.45, 2.75) is 18.9 Å². The molecule has 16 heavy (non-hydrogen) atoms. The Labute approximate surface area is 96.4 Å². The Kier molecular flexibility index (Phi) is 3.63. The van der Waals surface area contributed by atoms with Crippen LogP contribution in [-0.2, 0) is 4.74 Å². The highest BCUT2D eigenvalue weighted by Gasteiger charge is 2.30. The average molecular weight is 224 g/mol. The number of hydrogen-bond donors (Lipinski definition) is 1. The van der Waals surface area contributed by atoms with Crippen LogP contribution in [0.4, 0.5) is 0 Å². The quantitative estimate of drug-likeness (QED) is 0.831. The second-order valence-corrected chi connectivity index (χ2v) is 4.41. The van der Waals surface area contributed by atoms with Gasteiger partial charge in [0.25, 0.3) is 0 Å². The van der Waals surface area contributed by atoms with Gasteiger partial charge in [0.05, 0.1) is 13.2 Å². The fourth-order valence-electron chi connectivity index (χ4n) is 2.24. The summed E-state index contributed by atoms with van der Waals surface area (Å²) in [6, 6.07) is 4.33. The zero-order valence-corrected chi connectivity index (χ0v) is 9.98. The van der Waals surface area contributed by atoms with Crippen molar-refractivity contribution in [3.05, 3.63) is 23.7 Å². The van der Waals surface area contributed by atoms with Gasteiger partial charge in [-0.3, -0.25) is 4.90 Å². The minimum absolute atomic E-state index is 0.221. The average Bonchev–Trinajstić information content (AvgIpc) is 2.69. The highest BCUT2D eigenvalue weighted by atomic mass is 16.5. The number of rotatable bonds is 3. The van der Waals surface area contributed by atoms with Crippen molar-refractivity contribution in [1.29, 1.82) is 0 Å². The van der Waals surface area contributed by atoms with Gasteiger partial charge in [-0.1, -0.05) is 0 Å². The molecule has 2 N–H and O–H groups in total. The van der Waals surface area contributed by atoms with E-state index in [1.165, 1.54) is 0 Å². The van der Waals surface area contributed by atoms with E-state index in [4.69, 9.17) is 14.9 Å². The summed E-state index contributed by atoms with van der Waals surface area (Å²) in [5, 5.41) is 0. The second kappa shape index (κ2) is 4.99. The summed E-state index contributed by atoms with van der Waals surface area (Å²) in [7, 11) is 2.12. The Bertz CT molecular complexity index is 338. The lowest BCUT2D eigenvalue weighted by molar-refractivity contribution is -0.00601. The van der Waals surface area contributed by atoms with Crippen LogP contribution in [0.15, 0.2) is 16.5 Å². The molecular weight excluding hydrogens is 204 g/mol. The fraction of sp³-hybridized carbons (Fsp3) is 0.667. The molecule has 0 aromatic carbocycles. The molecule has 0 bridgehead atoms. The summed E-state index contributed by atoms with van der Waals surface area (Å²) in [6.45, 7) is 5.05. The molecule has 1 aliphatic rings. The number of aryl methyl sites for hydroxylation is 1. The summed E-state index contributed by atoms with van der Waals surface area (Å²) in [4.78, 5) is 2.30. The monoisotopic (exact) mass is 224 g/mol. The van der Waals surface area contributed by atoms with Gasteiger partial charge in [-0.2, -0.15) is 0 Å². The predicted octanol–water partition coefficient (Wildman–Crippen LogP) is 0.961. The van der Waals surface area contributed by atoms with Crippen molar-refractivity contribution in [2.75, 3.05) is 33.4 Å². The van der Waals surface area contributed by atoms with Crippen molar-refractivity contribution in [2.24, 2.45) is 5.73 Å². The molecule has 0 saturated carbocycles. The lowest BCUT2D eigenvalue weighted by Crippen LogP contribution is -2.48. The first-order valence-electron chi connectivity index (χ1n) is 5.76. The topological polar surface area (TPSA) is 51.6 Å². The van der Waals surface area contributed by atoms with Crippen LogP contribution in [0.3, 0.4) is 0 Å². The number of hydrogen-bond acceptors (Lipinski definition) is 4. The molecule has 0 radical (unpaired) electrons. The number of nitrogens with two attached hydrogens (primary N) is 1. The molecular formula is C12H20N2O2. The molecule has 90 valence electrons. The lowest BCUT2D eigenvalue weighted by Gasteiger charge is -2.36. The molecule has 0 spiro atoms. The first-order valence-corrected chi connectivity index (χ1v) is 5.76. The fourth-order valence-corrected chi connectivity index (χ4v) is 2.24. The number of ether oxygens (including phenoxy) is 1. The SMILES string of the molecule is Cc1ccc(C(CN)C2COCCN2C)o1. The van der Waals surface area contributed by atoms with E-state index < -0.39 is 0 Å². The Morgan fingerprint density at radius 1 is 1.56 bits per heavy atom. The predicted molar refractivity (Wildman–Crippen MR) is 62.5 cm³/mol. The normalized spacial score (nSPS) is 24.6. The summed E-state index contributed by atoms with van der Waals surface area (Å²) in [5.41, 5.74) is 5.86. The van der Waals surface area contributed by atoms with E-state index >= 15 is 0 Å². The Balaban J connectivity index is 2.14. The highest BCUT2D eigenvalue weighted by Crippen LogP contribution is 2.25. The van der Waals surface area contributed by atoms with Gasteiger partial charge in [0.2, 0.25) is 0 Å². The van der Waals surface area contributed by atoms with Crippen molar-refractivity contribution in [3.8, 4) is 0 Å². The molecule has 4 nitrogen and oxygen atoms in total. The lowest BCUT2D eigenvalue weighted by atomic mass is 9.96. The molecule has 2 atom stereocenters. The first kappa shape index (κ1) is 11.6. The molecule has 1 aromatic rings. The van der Waals surface area contributed by atoms with Crippen molar-refractivity contribution < 1.29 is 9.15 Å². The molecule has 1 fully saturated rings. The maximum atomic E-state index is 5.86. The molecule has 4 heteroatoms. The van der Waals surface area contributed by atoms with Crippen LogP contribution >= 0.6 is 0 Å². The summed E-state index contributed by atoms with van der Waals surface area (Å²) >= 11 is 0. The van der Waals surface area contributed by atoms with E-state index in [9.17, 15) is 0 Å². The van der Waals surface area contributed by atoms with Crippen LogP contribution in [0, 0.1) is 6.92 Å². The maximum Gasteiger partial charge on any atom is 0.110 e. The first-order chi connectivity index (χ1) is 7.72. The van der Waals surface area contributed by atoms with Gasteiger partial charge in [-0.15, -0.1) is 0 Å². The standard InChI is InChI=1S/C12H20N2O2/c1-9-3-4-12(16-9)10(7-13)11-8-15-6-5-14(11)2/h3-4,10-11H,5-8,13H2,1-2H3. The summed E-state index contributed by atoms with van der Waals surface area (Å²) < 4.78 is 11.2. The molecule has 2 rings (SSSR count). The molecule has 2 unspecified atom stereocenters. The molecule has 1 aliphatic heterocycles. The van der Waals surface area contributed by atoms with E-state index in [0.29, 0.717) is 12.6 Å². The van der Waals surface area contributed by atoms with Gasteiger partial charge in [0, 0.05) is 25.0 Å². The smallest absolute Gasteiger partial charge is 0.110 e. The van der Waals surface area contributed by atoms with Gasteiger partial charge < -0.3 is 14.9 Å². The third kappa shape index (κ3) is 2.29. The van der Waals surface area contributed by atoms with E-state index in [0.717, 1.165) is 31.3 Å². The second-order valence-electron chi connectivity index (χ2n) is 4.41. The van der Waals surface area contributed by atoms with E-state index in [2.05, 4.69) is 11.9 Å². The zero-order chi connectivity index (χ0) is 11.5. The summed E-state index contributed by atoms with van der Waals surface area (Å²) in [5.74, 6) is 2.13. The van der Waals surface area contributed by atoms with Crippen molar-refractivity contribution >= 4 is 0 Å². The van der Waals surface area contributed by atoms with Gasteiger partial charge in [0.15, 0.2) is 0 Å². The van der Waals surface area contributed by atoms with E-state index in [1.807, 2.05) is 19.1 Å². The van der Waals surface area contributed by atoms with Crippen molar-refractivity contribution in [3.63, 3.8) is 0 Å². The van der Waals surface area contributed by atoms with E-state index in [1.54, 1.807) is 0 Å². The number of nitrogens with zero attached hydrogens (tertiary/aromatic N) is 1. The van der Waals surface area contributed by atoms with Gasteiger partial charge in [-0.25, -0.2) is 0 Å². The van der Waals surface area contributed by atoms with Gasteiger partial charge >= 0.3 is 0 Å². The van der Waals surface area contributed by atoms with Crippen LogP contribution in [0.1, 0.15) is 17.4 Å². The van der Waals surface area contributed by atoms with Gasteiger partial charge in [0.1, 0.15) is 11.5 Å². The zero-order valence-electron chi connectivity index (χ0n) is 9.98. The van der Waals surface area contributed by atoms with Gasteiger partial charge in [-0.05, 0) is 26.1 Å². The van der Waals surface area contributed by atoms with E-state index in [-0.39, 0.29) is 5.92 Å². The van der Waals surface area contributed by atoms with Crippen molar-refractivity contribution in [1.82, 2.24) is 4.90 Å². The van der Waals surface area contributed by atoms with Crippen LogP contribution < -0.4 is 5.73 Å². The van der Waals surface area contributed by atoms with Crippen LogP contribution in [0.5, 0.6) is 0 Å². The Hall–Kier alpha value is -0.840. The Morgan fingerprint density at radius 3 is 2.94 bits per heavy atom. The number of furan rings is 1. The molecule has 0 amide bonds. The minimum Gasteiger partial charge on any atom is -0.466 e. The molecule has 1 aromatic heterocycles. The van der Waals surface area contributed by atoms with Crippen LogP contribution in [0.2, 0.25) is 0 Å². The third-order valence-corrected chi connectivity index (χ3v) is 3.29. The number of likely N-dealkylation sites (N-methyl/N-ethyl adjacent to an activating group) is 1. The molecule has 2 heterocycles. The third-order valence-electron chi connectivity index (χ3n) is 3.29. The van der Waals surface area contributed by atoms with Crippen LogP contribution in [0.25, 0.3) is 0 Å². The molecule has 1 saturated heterocycles. The van der Waals surface area contributed by atoms with Crippen LogP contribution in [-0.4, -0.2) is 44.3 Å². The molecule has 0 aliphatic carbocycles.